The first-order valence-electron chi connectivity index (χ1n) is 9.65. The van der Waals surface area contributed by atoms with Crippen molar-refractivity contribution in [3.05, 3.63) is 106 Å². The van der Waals surface area contributed by atoms with E-state index >= 15 is 0 Å². The molecule has 0 radical (unpaired) electrons. The highest BCUT2D eigenvalue weighted by Gasteiger charge is 2.21. The lowest BCUT2D eigenvalue weighted by molar-refractivity contribution is 0.102. The fraction of sp³-hybridized carbons (Fsp3) is 0.0800. The van der Waals surface area contributed by atoms with Crippen molar-refractivity contribution in [3.63, 3.8) is 0 Å². The number of hydrogen-bond acceptors (Lipinski definition) is 1. The summed E-state index contributed by atoms with van der Waals surface area (Å²) < 4.78 is 29.8. The number of hydrogen-bond donors (Lipinski definition) is 1. The number of nitrogens with one attached hydrogen (secondary N) is 1. The number of carbonyl (C=O) groups is 1. The smallest absolute Gasteiger partial charge is 0.257 e. The van der Waals surface area contributed by atoms with Crippen molar-refractivity contribution in [1.29, 1.82) is 0 Å². The predicted molar refractivity (Wildman–Crippen MR) is 120 cm³/mol. The summed E-state index contributed by atoms with van der Waals surface area (Å²) in [5, 5.41) is 3.43. The Morgan fingerprint density at radius 3 is 2.23 bits per heavy atom. The third kappa shape index (κ3) is 4.23. The van der Waals surface area contributed by atoms with E-state index in [0.717, 1.165) is 17.2 Å². The molecular formula is C25H19ClF2N2O. The third-order valence-corrected chi connectivity index (χ3v) is 5.34. The number of rotatable bonds is 4. The van der Waals surface area contributed by atoms with Crippen molar-refractivity contribution in [2.24, 2.45) is 0 Å². The van der Waals surface area contributed by atoms with Gasteiger partial charge < -0.3 is 9.88 Å². The standard InChI is InChI=1S/C25H19ClF2N2O/c1-15-3-10-20(11-4-15)29-25(31)21-14-24(17-5-7-18(26)8-6-17)30(16(21)2)23-12-9-19(27)13-22(23)28/h3-14H,1-2H3,(H,29,31). The molecule has 1 amide bonds. The van der Waals surface area contributed by atoms with Gasteiger partial charge in [-0.2, -0.15) is 0 Å². The average molecular weight is 437 g/mol. The zero-order valence-corrected chi connectivity index (χ0v) is 17.7. The Morgan fingerprint density at radius 1 is 0.903 bits per heavy atom. The lowest BCUT2D eigenvalue weighted by Gasteiger charge is -2.13. The van der Waals surface area contributed by atoms with Crippen LogP contribution in [0, 0.1) is 25.5 Å². The molecule has 3 nitrogen and oxygen atoms in total. The Bertz CT molecular complexity index is 1260. The second-order valence-corrected chi connectivity index (χ2v) is 7.72. The van der Waals surface area contributed by atoms with Crippen molar-refractivity contribution >= 4 is 23.2 Å². The van der Waals surface area contributed by atoms with Crippen LogP contribution in [-0.4, -0.2) is 10.5 Å². The summed E-state index contributed by atoms with van der Waals surface area (Å²) in [4.78, 5) is 13.0. The van der Waals surface area contributed by atoms with Gasteiger partial charge in [-0.25, -0.2) is 8.78 Å². The van der Waals surface area contributed by atoms with Crippen LogP contribution in [0.3, 0.4) is 0 Å². The van der Waals surface area contributed by atoms with Gasteiger partial charge in [0.05, 0.1) is 16.9 Å². The van der Waals surface area contributed by atoms with Gasteiger partial charge in [0, 0.05) is 22.5 Å². The maximum atomic E-state index is 14.7. The molecule has 1 aromatic heterocycles. The summed E-state index contributed by atoms with van der Waals surface area (Å²) in [6.07, 6.45) is 0. The monoisotopic (exact) mass is 436 g/mol. The van der Waals surface area contributed by atoms with Crippen LogP contribution in [0.2, 0.25) is 5.02 Å². The van der Waals surface area contributed by atoms with E-state index in [1.165, 1.54) is 12.1 Å². The van der Waals surface area contributed by atoms with E-state index in [-0.39, 0.29) is 11.6 Å². The van der Waals surface area contributed by atoms with E-state index in [1.807, 2.05) is 31.2 Å². The van der Waals surface area contributed by atoms with E-state index in [9.17, 15) is 13.6 Å². The minimum atomic E-state index is -0.723. The van der Waals surface area contributed by atoms with E-state index < -0.39 is 11.6 Å². The number of anilines is 1. The SMILES string of the molecule is Cc1ccc(NC(=O)c2cc(-c3ccc(Cl)cc3)n(-c3ccc(F)cc3F)c2C)cc1. The number of benzene rings is 3. The Balaban J connectivity index is 1.84. The zero-order chi connectivity index (χ0) is 22.1. The van der Waals surface area contributed by atoms with Crippen LogP contribution < -0.4 is 5.32 Å². The first-order chi connectivity index (χ1) is 14.8. The zero-order valence-electron chi connectivity index (χ0n) is 16.9. The van der Waals surface area contributed by atoms with Crippen molar-refractivity contribution in [2.75, 3.05) is 5.32 Å². The molecule has 3 aromatic carbocycles. The predicted octanol–water partition coefficient (Wildman–Crippen LogP) is 6.95. The molecule has 4 rings (SSSR count). The molecule has 0 unspecified atom stereocenters. The molecule has 156 valence electrons. The van der Waals surface area contributed by atoms with Crippen LogP contribution in [0.1, 0.15) is 21.6 Å². The van der Waals surface area contributed by atoms with Gasteiger partial charge in [-0.1, -0.05) is 41.4 Å². The summed E-state index contributed by atoms with van der Waals surface area (Å²) in [5.74, 6) is -1.71. The molecular weight excluding hydrogens is 418 g/mol. The molecule has 0 fully saturated rings. The average Bonchev–Trinajstić information content (AvgIpc) is 3.07. The molecule has 0 saturated heterocycles. The molecule has 1 heterocycles. The van der Waals surface area contributed by atoms with Gasteiger partial charge in [-0.05, 0) is 61.9 Å². The van der Waals surface area contributed by atoms with Crippen molar-refractivity contribution in [2.45, 2.75) is 13.8 Å². The van der Waals surface area contributed by atoms with E-state index in [2.05, 4.69) is 5.32 Å². The highest BCUT2D eigenvalue weighted by Crippen LogP contribution is 2.32. The molecule has 6 heteroatoms. The van der Waals surface area contributed by atoms with Gasteiger partial charge in [0.1, 0.15) is 11.6 Å². The number of carbonyl (C=O) groups excluding carboxylic acids is 1. The number of aryl methyl sites for hydroxylation is 1. The molecule has 1 N–H and O–H groups in total. The van der Waals surface area contributed by atoms with E-state index in [4.69, 9.17) is 11.6 Å². The second kappa shape index (κ2) is 8.36. The minimum absolute atomic E-state index is 0.151. The van der Waals surface area contributed by atoms with Gasteiger partial charge in [0.25, 0.3) is 5.91 Å². The topological polar surface area (TPSA) is 34.0 Å². The van der Waals surface area contributed by atoms with Crippen LogP contribution >= 0.6 is 11.6 Å². The van der Waals surface area contributed by atoms with E-state index in [0.29, 0.717) is 27.7 Å². The molecule has 0 bridgehead atoms. The third-order valence-electron chi connectivity index (χ3n) is 5.09. The number of nitrogens with zero attached hydrogens (tertiary/aromatic N) is 1. The lowest BCUT2D eigenvalue weighted by Crippen LogP contribution is -2.13. The summed E-state index contributed by atoms with van der Waals surface area (Å²) in [6, 6.07) is 19.5. The van der Waals surface area contributed by atoms with Crippen LogP contribution in [-0.2, 0) is 0 Å². The van der Waals surface area contributed by atoms with Crippen LogP contribution in [0.25, 0.3) is 16.9 Å². The molecule has 0 aliphatic carbocycles. The van der Waals surface area contributed by atoms with E-state index in [1.54, 1.807) is 41.8 Å². The van der Waals surface area contributed by atoms with Crippen molar-refractivity contribution < 1.29 is 13.6 Å². The molecule has 0 aliphatic heterocycles. The number of aromatic nitrogens is 1. The van der Waals surface area contributed by atoms with Crippen LogP contribution in [0.15, 0.2) is 72.8 Å². The number of amides is 1. The Morgan fingerprint density at radius 2 is 1.58 bits per heavy atom. The molecule has 0 atom stereocenters. The second-order valence-electron chi connectivity index (χ2n) is 7.29. The minimum Gasteiger partial charge on any atom is -0.322 e. The highest BCUT2D eigenvalue weighted by atomic mass is 35.5. The summed E-state index contributed by atoms with van der Waals surface area (Å²) in [6.45, 7) is 3.69. The molecule has 31 heavy (non-hydrogen) atoms. The maximum absolute atomic E-state index is 14.7. The first kappa shape index (κ1) is 20.8. The fourth-order valence-electron chi connectivity index (χ4n) is 3.48. The maximum Gasteiger partial charge on any atom is 0.257 e. The quantitative estimate of drug-likeness (QED) is 0.369. The fourth-order valence-corrected chi connectivity index (χ4v) is 3.60. The largest absolute Gasteiger partial charge is 0.322 e. The Labute approximate surface area is 183 Å². The molecule has 4 aromatic rings. The molecule has 0 aliphatic rings. The summed E-state index contributed by atoms with van der Waals surface area (Å²) >= 11 is 6.01. The van der Waals surface area contributed by atoms with Crippen LogP contribution in [0.4, 0.5) is 14.5 Å². The normalized spacial score (nSPS) is 10.9. The first-order valence-corrected chi connectivity index (χ1v) is 10.0. The Hall–Kier alpha value is -3.44. The number of halogens is 3. The van der Waals surface area contributed by atoms with Gasteiger partial charge >= 0.3 is 0 Å². The summed E-state index contributed by atoms with van der Waals surface area (Å²) in [7, 11) is 0. The summed E-state index contributed by atoms with van der Waals surface area (Å²) in [5.41, 5.74) is 4.13. The lowest BCUT2D eigenvalue weighted by atomic mass is 10.1. The van der Waals surface area contributed by atoms with Crippen molar-refractivity contribution in [3.8, 4) is 16.9 Å². The Kier molecular flexibility index (Phi) is 5.61. The van der Waals surface area contributed by atoms with Gasteiger partial charge in [-0.15, -0.1) is 0 Å². The van der Waals surface area contributed by atoms with Gasteiger partial charge in [0.15, 0.2) is 0 Å². The molecule has 0 saturated carbocycles. The van der Waals surface area contributed by atoms with Crippen molar-refractivity contribution in [1.82, 2.24) is 4.57 Å². The van der Waals surface area contributed by atoms with Crippen LogP contribution in [0.5, 0.6) is 0 Å². The van der Waals surface area contributed by atoms with Gasteiger partial charge in [-0.3, -0.25) is 4.79 Å². The highest BCUT2D eigenvalue weighted by molar-refractivity contribution is 6.30. The van der Waals surface area contributed by atoms with Gasteiger partial charge in [0.2, 0.25) is 0 Å². The molecule has 0 spiro atoms.